The van der Waals surface area contributed by atoms with Crippen LogP contribution in [0.1, 0.15) is 51.4 Å². The molecule has 8 bridgehead atoms. The molecule has 8 atom stereocenters. The van der Waals surface area contributed by atoms with Crippen LogP contribution in [0.5, 0.6) is 0 Å². The number of ketones is 1. The number of esters is 1. The first-order valence-electron chi connectivity index (χ1n) is 11.7. The van der Waals surface area contributed by atoms with Gasteiger partial charge in [-0.2, -0.15) is 0 Å². The molecule has 1 heterocycles. The number of Topliss-reactive ketones (excluding diaryl/α,β-unsaturated/α-hetero) is 1. The van der Waals surface area contributed by atoms with Crippen LogP contribution in [0.4, 0.5) is 0 Å². The van der Waals surface area contributed by atoms with Crippen molar-refractivity contribution in [2.45, 2.75) is 62.7 Å². The van der Waals surface area contributed by atoms with Crippen molar-refractivity contribution in [3.63, 3.8) is 0 Å². The van der Waals surface area contributed by atoms with Gasteiger partial charge in [0.1, 0.15) is 5.78 Å². The Morgan fingerprint density at radius 2 is 1.86 bits per heavy atom. The standard InChI is InChI=1S/C23H31NO5/c24-22-5-14-2-16(6-22)23(18(14)8-22)28-10-12(11-29-23)9-27-20(26)21-3-13-1-15(4-21)19(25)17(13)7-21/h12-18H,1-11,24H2/t12?,13?,14?,15-,16?,17?,18?,21+,22?,23?/m1/s1. The van der Waals surface area contributed by atoms with Crippen molar-refractivity contribution < 1.29 is 23.8 Å². The Kier molecular flexibility index (Phi) is 3.31. The first-order chi connectivity index (χ1) is 13.9. The Morgan fingerprint density at radius 3 is 2.59 bits per heavy atom. The number of nitrogens with two attached hydrogens (primary N) is 1. The van der Waals surface area contributed by atoms with Crippen LogP contribution < -0.4 is 5.73 Å². The lowest BCUT2D eigenvalue weighted by molar-refractivity contribution is -0.330. The van der Waals surface area contributed by atoms with E-state index in [0.717, 1.165) is 38.5 Å². The van der Waals surface area contributed by atoms with E-state index in [-0.39, 0.29) is 34.7 Å². The van der Waals surface area contributed by atoms with Crippen molar-refractivity contribution in [3.8, 4) is 0 Å². The molecule has 0 aromatic carbocycles. The maximum Gasteiger partial charge on any atom is 0.312 e. The van der Waals surface area contributed by atoms with E-state index in [9.17, 15) is 9.59 Å². The van der Waals surface area contributed by atoms with Crippen LogP contribution in [0.15, 0.2) is 0 Å². The lowest BCUT2D eigenvalue weighted by Gasteiger charge is -2.50. The van der Waals surface area contributed by atoms with Crippen molar-refractivity contribution >= 4 is 11.8 Å². The van der Waals surface area contributed by atoms with Crippen molar-refractivity contribution in [1.29, 1.82) is 0 Å². The SMILES string of the molecule is NC12CC3CC(C1)C1(OCC(COC(=O)[C@@]45CC6C[C@H](C4)C(=O)C6C5)CO1)C3C2. The van der Waals surface area contributed by atoms with Gasteiger partial charge in [0.2, 0.25) is 0 Å². The molecule has 6 heteroatoms. The molecule has 1 spiro atoms. The highest BCUT2D eigenvalue weighted by Crippen LogP contribution is 2.66. The Labute approximate surface area is 171 Å². The fraction of sp³-hybridized carbons (Fsp3) is 0.913. The zero-order valence-corrected chi connectivity index (χ0v) is 16.9. The van der Waals surface area contributed by atoms with E-state index in [2.05, 4.69) is 0 Å². The summed E-state index contributed by atoms with van der Waals surface area (Å²) in [5.74, 6) is 2.19. The second kappa shape index (κ2) is 5.43. The predicted molar refractivity (Wildman–Crippen MR) is 101 cm³/mol. The van der Waals surface area contributed by atoms with Crippen LogP contribution >= 0.6 is 0 Å². The number of ether oxygens (including phenoxy) is 3. The van der Waals surface area contributed by atoms with Gasteiger partial charge in [0.15, 0.2) is 5.79 Å². The molecule has 1 saturated heterocycles. The summed E-state index contributed by atoms with van der Waals surface area (Å²) in [5.41, 5.74) is 6.18. The number of carbonyl (C=O) groups excluding carboxylic acids is 2. The smallest absolute Gasteiger partial charge is 0.312 e. The fourth-order valence-electron chi connectivity index (χ4n) is 9.02. The van der Waals surface area contributed by atoms with Gasteiger partial charge in [0.05, 0.1) is 25.2 Å². The highest BCUT2D eigenvalue weighted by atomic mass is 16.7. The van der Waals surface area contributed by atoms with Gasteiger partial charge in [-0.25, -0.2) is 0 Å². The molecule has 2 N–H and O–H groups in total. The molecule has 9 fully saturated rings. The molecule has 6 nitrogen and oxygen atoms in total. The minimum absolute atomic E-state index is 0.0170. The van der Waals surface area contributed by atoms with E-state index >= 15 is 0 Å². The van der Waals surface area contributed by atoms with E-state index in [1.165, 1.54) is 6.42 Å². The van der Waals surface area contributed by atoms with Crippen molar-refractivity contribution in [2.24, 2.45) is 52.6 Å². The molecule has 0 amide bonds. The fourth-order valence-corrected chi connectivity index (χ4v) is 9.02. The topological polar surface area (TPSA) is 87.9 Å². The van der Waals surface area contributed by atoms with Gasteiger partial charge in [-0.1, -0.05) is 0 Å². The molecular weight excluding hydrogens is 370 g/mol. The molecule has 0 aromatic heterocycles. The van der Waals surface area contributed by atoms with Crippen LogP contribution in [0, 0.1) is 46.8 Å². The Bertz CT molecular complexity index is 782. The monoisotopic (exact) mass is 401 g/mol. The second-order valence-electron chi connectivity index (χ2n) is 11.7. The minimum atomic E-state index is -0.424. The quantitative estimate of drug-likeness (QED) is 0.728. The molecule has 158 valence electrons. The summed E-state index contributed by atoms with van der Waals surface area (Å²) in [5, 5.41) is 0. The maximum atomic E-state index is 13.0. The molecule has 6 unspecified atom stereocenters. The van der Waals surface area contributed by atoms with Crippen LogP contribution in [0.2, 0.25) is 0 Å². The van der Waals surface area contributed by atoms with E-state index in [1.807, 2.05) is 0 Å². The Hall–Kier alpha value is -0.980. The Balaban J connectivity index is 0.976. The van der Waals surface area contributed by atoms with Crippen molar-refractivity contribution in [2.75, 3.05) is 19.8 Å². The molecule has 1 aliphatic heterocycles. The van der Waals surface area contributed by atoms with Crippen LogP contribution in [0.25, 0.3) is 0 Å². The molecule has 9 aliphatic rings. The lowest BCUT2D eigenvalue weighted by Crippen LogP contribution is -2.58. The van der Waals surface area contributed by atoms with Gasteiger partial charge in [-0.15, -0.1) is 0 Å². The van der Waals surface area contributed by atoms with E-state index < -0.39 is 5.79 Å². The molecule has 29 heavy (non-hydrogen) atoms. The average molecular weight is 402 g/mol. The molecule has 0 radical (unpaired) electrons. The molecule has 8 aliphatic carbocycles. The van der Waals surface area contributed by atoms with E-state index in [1.54, 1.807) is 0 Å². The van der Waals surface area contributed by atoms with Gasteiger partial charge >= 0.3 is 5.97 Å². The summed E-state index contributed by atoms with van der Waals surface area (Å²) in [6.07, 6.45) is 7.64. The van der Waals surface area contributed by atoms with Gasteiger partial charge in [0.25, 0.3) is 0 Å². The van der Waals surface area contributed by atoms with E-state index in [4.69, 9.17) is 19.9 Å². The Morgan fingerprint density at radius 1 is 1.03 bits per heavy atom. The van der Waals surface area contributed by atoms with Crippen LogP contribution in [-0.2, 0) is 23.8 Å². The van der Waals surface area contributed by atoms with Gasteiger partial charge in [-0.3, -0.25) is 9.59 Å². The third-order valence-electron chi connectivity index (χ3n) is 9.99. The number of hydrogen-bond donors (Lipinski definition) is 1. The number of hydrogen-bond acceptors (Lipinski definition) is 6. The van der Waals surface area contributed by atoms with Gasteiger partial charge in [0, 0.05) is 35.1 Å². The third-order valence-corrected chi connectivity index (χ3v) is 9.99. The summed E-state index contributed by atoms with van der Waals surface area (Å²) in [7, 11) is 0. The molecule has 8 saturated carbocycles. The summed E-state index contributed by atoms with van der Waals surface area (Å²) in [6.45, 7) is 1.57. The minimum Gasteiger partial charge on any atom is -0.465 e. The first kappa shape index (κ1) is 17.7. The summed E-state index contributed by atoms with van der Waals surface area (Å²) < 4.78 is 18.6. The van der Waals surface area contributed by atoms with Gasteiger partial charge in [-0.05, 0) is 63.2 Å². The third kappa shape index (κ3) is 2.18. The average Bonchev–Trinajstić information content (AvgIpc) is 3.27. The van der Waals surface area contributed by atoms with Crippen molar-refractivity contribution in [1.82, 2.24) is 0 Å². The van der Waals surface area contributed by atoms with Gasteiger partial charge < -0.3 is 19.9 Å². The van der Waals surface area contributed by atoms with Crippen molar-refractivity contribution in [3.05, 3.63) is 0 Å². The first-order valence-corrected chi connectivity index (χ1v) is 11.7. The maximum absolute atomic E-state index is 13.0. The molecule has 0 aromatic rings. The number of carbonyl (C=O) groups is 2. The number of rotatable bonds is 3. The van der Waals surface area contributed by atoms with E-state index in [0.29, 0.717) is 55.7 Å². The zero-order chi connectivity index (χ0) is 19.6. The summed E-state index contributed by atoms with van der Waals surface area (Å²) >= 11 is 0. The van der Waals surface area contributed by atoms with Crippen LogP contribution in [-0.4, -0.2) is 42.9 Å². The second-order valence-corrected chi connectivity index (χ2v) is 11.7. The highest BCUT2D eigenvalue weighted by Gasteiger charge is 2.69. The van der Waals surface area contributed by atoms with Crippen LogP contribution in [0.3, 0.4) is 0 Å². The lowest BCUT2D eigenvalue weighted by atomic mass is 9.69. The largest absolute Gasteiger partial charge is 0.465 e. The summed E-state index contributed by atoms with van der Waals surface area (Å²) in [6, 6.07) is 0. The zero-order valence-electron chi connectivity index (χ0n) is 16.9. The molecular formula is C23H31NO5. The molecule has 9 rings (SSSR count). The highest BCUT2D eigenvalue weighted by molar-refractivity contribution is 5.91. The normalized spacial score (nSPS) is 58.7. The predicted octanol–water partition coefficient (Wildman–Crippen LogP) is 2.04. The summed E-state index contributed by atoms with van der Waals surface area (Å²) in [4.78, 5) is 25.2.